The highest BCUT2D eigenvalue weighted by molar-refractivity contribution is 5.92. The van der Waals surface area contributed by atoms with Gasteiger partial charge in [-0.15, -0.1) is 0 Å². The number of furan rings is 1. The van der Waals surface area contributed by atoms with Crippen molar-refractivity contribution in [1.29, 1.82) is 5.26 Å². The van der Waals surface area contributed by atoms with Crippen LogP contribution in [-0.4, -0.2) is 39.9 Å². The maximum absolute atomic E-state index is 12.1. The van der Waals surface area contributed by atoms with Gasteiger partial charge in [0.2, 0.25) is 5.88 Å². The van der Waals surface area contributed by atoms with Crippen molar-refractivity contribution in [3.63, 3.8) is 0 Å². The fourth-order valence-corrected chi connectivity index (χ4v) is 2.09. The second kappa shape index (κ2) is 5.76. The molecule has 0 radical (unpaired) electrons. The number of rotatable bonds is 4. The molecule has 1 fully saturated rings. The summed E-state index contributed by atoms with van der Waals surface area (Å²) in [6, 6.07) is 7.47. The zero-order valence-corrected chi connectivity index (χ0v) is 11.7. The summed E-state index contributed by atoms with van der Waals surface area (Å²) in [7, 11) is 0. The summed E-state index contributed by atoms with van der Waals surface area (Å²) >= 11 is 0. The molecule has 0 atom stereocenters. The van der Waals surface area contributed by atoms with Crippen molar-refractivity contribution < 1.29 is 18.9 Å². The fourth-order valence-electron chi connectivity index (χ4n) is 2.09. The third-order valence-corrected chi connectivity index (χ3v) is 3.27. The highest BCUT2D eigenvalue weighted by Crippen LogP contribution is 2.22. The van der Waals surface area contributed by atoms with E-state index in [2.05, 4.69) is 4.98 Å². The van der Waals surface area contributed by atoms with Gasteiger partial charge in [0.15, 0.2) is 5.76 Å². The molecular weight excluding hydrogens is 304 g/mol. The van der Waals surface area contributed by atoms with E-state index in [0.29, 0.717) is 24.5 Å². The van der Waals surface area contributed by atoms with Crippen LogP contribution in [0.1, 0.15) is 16.1 Å². The van der Waals surface area contributed by atoms with Crippen LogP contribution in [-0.2, 0) is 0 Å². The number of hydrogen-bond acceptors (Lipinski definition) is 7. The summed E-state index contributed by atoms with van der Waals surface area (Å²) < 4.78 is 10.4. The van der Waals surface area contributed by atoms with E-state index < -0.39 is 16.7 Å². The van der Waals surface area contributed by atoms with Crippen molar-refractivity contribution >= 4 is 11.8 Å². The number of ether oxygens (including phenoxy) is 1. The number of hydrogen-bond donors (Lipinski definition) is 0. The Balaban J connectivity index is 1.57. The molecule has 1 aliphatic heterocycles. The summed E-state index contributed by atoms with van der Waals surface area (Å²) in [6.07, 6.45) is 1.22. The molecule has 1 aliphatic rings. The molecule has 3 rings (SSSR count). The number of carbonyl (C=O) groups is 1. The van der Waals surface area contributed by atoms with Crippen molar-refractivity contribution in [3.05, 3.63) is 51.9 Å². The van der Waals surface area contributed by atoms with Gasteiger partial charge in [-0.05, 0) is 12.1 Å². The van der Waals surface area contributed by atoms with E-state index in [0.717, 1.165) is 6.07 Å². The second-order valence-corrected chi connectivity index (χ2v) is 4.84. The van der Waals surface area contributed by atoms with Crippen LogP contribution >= 0.6 is 0 Å². The first-order valence-corrected chi connectivity index (χ1v) is 6.63. The molecule has 0 saturated carbocycles. The summed E-state index contributed by atoms with van der Waals surface area (Å²) in [5, 5.41) is 19.3. The van der Waals surface area contributed by atoms with Crippen molar-refractivity contribution in [2.24, 2.45) is 0 Å². The van der Waals surface area contributed by atoms with Crippen LogP contribution in [0.4, 0.5) is 5.88 Å². The Morgan fingerprint density at radius 1 is 1.48 bits per heavy atom. The van der Waals surface area contributed by atoms with Crippen molar-refractivity contribution in [1.82, 2.24) is 9.88 Å². The van der Waals surface area contributed by atoms with E-state index in [9.17, 15) is 14.9 Å². The molecule has 3 heterocycles. The molecule has 0 N–H and O–H groups in total. The third-order valence-electron chi connectivity index (χ3n) is 3.27. The predicted molar refractivity (Wildman–Crippen MR) is 74.6 cm³/mol. The van der Waals surface area contributed by atoms with E-state index >= 15 is 0 Å². The maximum Gasteiger partial charge on any atom is 0.433 e. The first-order valence-electron chi connectivity index (χ1n) is 6.63. The minimum Gasteiger partial charge on any atom is -0.471 e. The minimum absolute atomic E-state index is 0.0836. The highest BCUT2D eigenvalue weighted by Gasteiger charge is 2.35. The van der Waals surface area contributed by atoms with E-state index in [1.54, 1.807) is 6.07 Å². The van der Waals surface area contributed by atoms with Crippen LogP contribution in [0, 0.1) is 21.4 Å². The van der Waals surface area contributed by atoms with Gasteiger partial charge in [0.05, 0.1) is 30.8 Å². The molecule has 9 heteroatoms. The molecule has 0 unspecified atom stereocenters. The van der Waals surface area contributed by atoms with Gasteiger partial charge >= 0.3 is 5.88 Å². The van der Waals surface area contributed by atoms with Gasteiger partial charge in [-0.25, -0.2) is 4.98 Å². The van der Waals surface area contributed by atoms with Crippen LogP contribution in [0.5, 0.6) is 5.88 Å². The smallest absolute Gasteiger partial charge is 0.433 e. The monoisotopic (exact) mass is 314 g/mol. The Kier molecular flexibility index (Phi) is 3.64. The molecule has 2 aromatic rings. The van der Waals surface area contributed by atoms with Gasteiger partial charge in [-0.3, -0.25) is 14.9 Å². The molecule has 0 bridgehead atoms. The number of aromatic nitrogens is 1. The summed E-state index contributed by atoms with van der Waals surface area (Å²) in [5.74, 6) is -0.676. The standard InChI is InChI=1S/C14H10N4O5/c15-6-9-3-4-16-12(5-9)22-10-7-17(8-10)14(19)11-1-2-13(23-11)18(20)21/h1-5,10H,7-8H2. The topological polar surface area (TPSA) is 123 Å². The molecule has 1 amide bonds. The number of carbonyl (C=O) groups excluding carboxylic acids is 1. The van der Waals surface area contributed by atoms with E-state index in [4.69, 9.17) is 14.4 Å². The third kappa shape index (κ3) is 2.96. The lowest BCUT2D eigenvalue weighted by Crippen LogP contribution is -2.56. The van der Waals surface area contributed by atoms with Crippen LogP contribution in [0.3, 0.4) is 0 Å². The lowest BCUT2D eigenvalue weighted by molar-refractivity contribution is -0.402. The molecule has 23 heavy (non-hydrogen) atoms. The van der Waals surface area contributed by atoms with Gasteiger partial charge in [-0.2, -0.15) is 5.26 Å². The first-order chi connectivity index (χ1) is 11.1. The van der Waals surface area contributed by atoms with Crippen LogP contribution in [0.2, 0.25) is 0 Å². The van der Waals surface area contributed by atoms with Gasteiger partial charge < -0.3 is 14.1 Å². The summed E-state index contributed by atoms with van der Waals surface area (Å²) in [5.41, 5.74) is 0.435. The van der Waals surface area contributed by atoms with E-state index in [-0.39, 0.29) is 11.9 Å². The lowest BCUT2D eigenvalue weighted by atomic mass is 10.1. The Morgan fingerprint density at radius 2 is 2.26 bits per heavy atom. The maximum atomic E-state index is 12.1. The van der Waals surface area contributed by atoms with Crippen LogP contribution in [0.25, 0.3) is 0 Å². The van der Waals surface area contributed by atoms with Gasteiger partial charge in [0.1, 0.15) is 11.0 Å². The number of likely N-dealkylation sites (tertiary alicyclic amines) is 1. The minimum atomic E-state index is -0.702. The molecule has 0 spiro atoms. The summed E-state index contributed by atoms with van der Waals surface area (Å²) in [6.45, 7) is 0.623. The Morgan fingerprint density at radius 3 is 2.91 bits per heavy atom. The number of nitriles is 1. The molecular formula is C14H10N4O5. The predicted octanol–water partition coefficient (Wildman–Crippen LogP) is 1.36. The molecule has 2 aromatic heterocycles. The number of amides is 1. The molecule has 1 saturated heterocycles. The average Bonchev–Trinajstić information content (AvgIpc) is 3.00. The Bertz CT molecular complexity index is 803. The van der Waals surface area contributed by atoms with Gasteiger partial charge in [-0.1, -0.05) is 0 Å². The largest absolute Gasteiger partial charge is 0.471 e. The van der Waals surface area contributed by atoms with E-state index in [1.165, 1.54) is 23.2 Å². The Labute approximate surface area is 129 Å². The zero-order valence-electron chi connectivity index (χ0n) is 11.7. The fraction of sp³-hybridized carbons (Fsp3) is 0.214. The second-order valence-electron chi connectivity index (χ2n) is 4.84. The van der Waals surface area contributed by atoms with Gasteiger partial charge in [0, 0.05) is 12.3 Å². The van der Waals surface area contributed by atoms with Crippen LogP contribution < -0.4 is 4.74 Å². The van der Waals surface area contributed by atoms with Crippen molar-refractivity contribution in [2.75, 3.05) is 13.1 Å². The normalized spacial score (nSPS) is 14.0. The average molecular weight is 314 g/mol. The molecule has 0 aromatic carbocycles. The van der Waals surface area contributed by atoms with Crippen molar-refractivity contribution in [3.8, 4) is 11.9 Å². The van der Waals surface area contributed by atoms with Gasteiger partial charge in [0.25, 0.3) is 5.91 Å². The number of pyridine rings is 1. The van der Waals surface area contributed by atoms with Crippen molar-refractivity contribution in [2.45, 2.75) is 6.10 Å². The molecule has 9 nitrogen and oxygen atoms in total. The van der Waals surface area contributed by atoms with E-state index in [1.807, 2.05) is 6.07 Å². The zero-order chi connectivity index (χ0) is 16.4. The quantitative estimate of drug-likeness (QED) is 0.616. The summed E-state index contributed by atoms with van der Waals surface area (Å²) in [4.78, 5) is 27.3. The SMILES string of the molecule is N#Cc1ccnc(OC2CN(C(=O)c3ccc([N+](=O)[O-])o3)C2)c1. The lowest BCUT2D eigenvalue weighted by Gasteiger charge is -2.37. The molecule has 116 valence electrons. The number of nitro groups is 1. The highest BCUT2D eigenvalue weighted by atomic mass is 16.6. The number of nitrogens with zero attached hydrogens (tertiary/aromatic N) is 4. The van der Waals surface area contributed by atoms with Crippen LogP contribution in [0.15, 0.2) is 34.9 Å². The Hall–Kier alpha value is -3.41. The molecule has 0 aliphatic carbocycles. The first kappa shape index (κ1) is 14.5.